The molecule has 2 aromatic carbocycles. The van der Waals surface area contributed by atoms with Crippen molar-refractivity contribution in [3.05, 3.63) is 53.3 Å². The second-order valence-corrected chi connectivity index (χ2v) is 11.2. The Morgan fingerprint density at radius 3 is 2.56 bits per heavy atom. The number of carbonyl (C=O) groups is 3. The molecule has 2 aromatic rings. The van der Waals surface area contributed by atoms with Crippen molar-refractivity contribution in [1.82, 2.24) is 4.90 Å². The number of rotatable bonds is 7. The minimum atomic E-state index is -1.14. The molecule has 1 saturated heterocycles. The third-order valence-electron chi connectivity index (χ3n) is 7.28. The lowest BCUT2D eigenvalue weighted by Gasteiger charge is -2.42. The Balaban J connectivity index is 1.60. The molecule has 0 saturated carbocycles. The third kappa shape index (κ3) is 5.77. The zero-order chi connectivity index (χ0) is 28.5. The van der Waals surface area contributed by atoms with Crippen LogP contribution in [0, 0.1) is 5.82 Å². The summed E-state index contributed by atoms with van der Waals surface area (Å²) in [6, 6.07) is 9.54. The number of nitrogens with one attached hydrogen (secondary N) is 2. The van der Waals surface area contributed by atoms with Crippen LogP contribution in [0.1, 0.15) is 63.4 Å². The topological polar surface area (TPSA) is 111 Å². The van der Waals surface area contributed by atoms with Crippen LogP contribution >= 0.6 is 0 Å². The predicted molar refractivity (Wildman–Crippen MR) is 148 cm³/mol. The van der Waals surface area contributed by atoms with Crippen molar-refractivity contribution < 1.29 is 28.6 Å². The Hall–Kier alpha value is -3.50. The van der Waals surface area contributed by atoms with Gasteiger partial charge in [0.15, 0.2) is 5.78 Å². The van der Waals surface area contributed by atoms with Crippen molar-refractivity contribution in [1.29, 1.82) is 0 Å². The first-order chi connectivity index (χ1) is 18.4. The maximum absolute atomic E-state index is 15.0. The van der Waals surface area contributed by atoms with Gasteiger partial charge in [-0.25, -0.2) is 9.18 Å². The molecule has 2 heterocycles. The van der Waals surface area contributed by atoms with E-state index >= 15 is 4.39 Å². The lowest BCUT2D eigenvalue weighted by Crippen LogP contribution is -2.55. The molecular formula is C29H37FN4O5. The van der Waals surface area contributed by atoms with Crippen LogP contribution in [0.3, 0.4) is 0 Å². The molecule has 0 spiro atoms. The van der Waals surface area contributed by atoms with E-state index in [9.17, 15) is 14.4 Å². The molecule has 2 aliphatic heterocycles. The van der Waals surface area contributed by atoms with Crippen LogP contribution in [0.4, 0.5) is 26.2 Å². The zero-order valence-corrected chi connectivity index (χ0v) is 23.1. The summed E-state index contributed by atoms with van der Waals surface area (Å²) in [5, 5.41) is 15.5. The number of piperidine rings is 1. The number of halogens is 1. The largest absolute Gasteiger partial charge is 0.443 e. The summed E-state index contributed by atoms with van der Waals surface area (Å²) in [6.45, 7) is 9.70. The van der Waals surface area contributed by atoms with E-state index in [0.29, 0.717) is 29.9 Å². The minimum absolute atomic E-state index is 0.00810. The van der Waals surface area contributed by atoms with Crippen LogP contribution in [0.25, 0.3) is 0 Å². The summed E-state index contributed by atoms with van der Waals surface area (Å²) < 4.78 is 20.6. The normalized spacial score (nSPS) is 21.2. The zero-order valence-electron chi connectivity index (χ0n) is 23.1. The number of fused-ring (bicyclic) bond motifs is 1. The van der Waals surface area contributed by atoms with Crippen molar-refractivity contribution in [3.63, 3.8) is 0 Å². The van der Waals surface area contributed by atoms with Gasteiger partial charge in [0.1, 0.15) is 23.6 Å². The first-order valence-corrected chi connectivity index (χ1v) is 13.3. The average molecular weight is 541 g/mol. The van der Waals surface area contributed by atoms with E-state index in [1.54, 1.807) is 58.9 Å². The lowest BCUT2D eigenvalue weighted by atomic mass is 9.88. The highest BCUT2D eigenvalue weighted by Gasteiger charge is 2.50. The number of aliphatic hydroxyl groups is 1. The van der Waals surface area contributed by atoms with Gasteiger partial charge in [-0.3, -0.25) is 19.4 Å². The number of Topliss-reactive ketones (excluding diaryl/α,β-unsaturated/α-hetero) is 1. The molecule has 2 aliphatic rings. The molecule has 2 atom stereocenters. The molecule has 0 radical (unpaired) electrons. The van der Waals surface area contributed by atoms with Gasteiger partial charge in [-0.1, -0.05) is 0 Å². The smallest absolute Gasteiger partial charge is 0.414 e. The number of hydrogen-bond donors (Lipinski definition) is 3. The van der Waals surface area contributed by atoms with Gasteiger partial charge >= 0.3 is 6.09 Å². The fourth-order valence-corrected chi connectivity index (χ4v) is 5.29. The standard InChI is InChI=1S/C29H37FN4O5/c1-6-34(27(38)39-28(2,3)4)23-15-19(30)14-22-25(23)32-26(37)29(22,5)33-13-7-8-21(16-33)31-20-11-9-18(10-12-20)24(36)17-35/h9-12,14-15,21,31,35H,6-8,13,16-17H2,1-5H3,(H,32,37)/t21-,29?/m1/s1. The number of carbonyl (C=O) groups excluding carboxylic acids is 3. The Morgan fingerprint density at radius 1 is 1.26 bits per heavy atom. The molecule has 0 aliphatic carbocycles. The van der Waals surface area contributed by atoms with Gasteiger partial charge in [-0.05, 0) is 90.4 Å². The number of nitrogens with zero attached hydrogens (tertiary/aromatic N) is 2. The molecule has 1 unspecified atom stereocenters. The van der Waals surface area contributed by atoms with E-state index in [0.717, 1.165) is 18.5 Å². The van der Waals surface area contributed by atoms with E-state index < -0.39 is 29.7 Å². The Morgan fingerprint density at radius 2 is 1.95 bits per heavy atom. The summed E-state index contributed by atoms with van der Waals surface area (Å²) in [6.07, 6.45) is 1.07. The number of aliphatic hydroxyl groups excluding tert-OH is 1. The van der Waals surface area contributed by atoms with E-state index in [4.69, 9.17) is 9.84 Å². The molecule has 39 heavy (non-hydrogen) atoms. The number of anilines is 3. The molecule has 2 amide bonds. The monoisotopic (exact) mass is 540 g/mol. The quantitative estimate of drug-likeness (QED) is 0.443. The van der Waals surface area contributed by atoms with Crippen molar-refractivity contribution in [2.75, 3.05) is 41.8 Å². The number of ether oxygens (including phenoxy) is 1. The summed E-state index contributed by atoms with van der Waals surface area (Å²) in [7, 11) is 0. The molecule has 9 nitrogen and oxygen atoms in total. The summed E-state index contributed by atoms with van der Waals surface area (Å²) in [4.78, 5) is 41.6. The van der Waals surface area contributed by atoms with E-state index in [-0.39, 0.29) is 30.0 Å². The van der Waals surface area contributed by atoms with Crippen LogP contribution in [0.15, 0.2) is 36.4 Å². The Bertz CT molecular complexity index is 1260. The van der Waals surface area contributed by atoms with Crippen LogP contribution < -0.4 is 15.5 Å². The highest BCUT2D eigenvalue weighted by Crippen LogP contribution is 2.46. The second-order valence-electron chi connectivity index (χ2n) is 11.2. The van der Waals surface area contributed by atoms with Crippen molar-refractivity contribution >= 4 is 34.8 Å². The van der Waals surface area contributed by atoms with Crippen LogP contribution in [0.5, 0.6) is 0 Å². The van der Waals surface area contributed by atoms with Gasteiger partial charge < -0.3 is 20.5 Å². The molecule has 1 fully saturated rings. The number of benzene rings is 2. The predicted octanol–water partition coefficient (Wildman–Crippen LogP) is 4.51. The van der Waals surface area contributed by atoms with Crippen molar-refractivity contribution in [2.45, 2.75) is 64.6 Å². The Kier molecular flexibility index (Phi) is 7.99. The van der Waals surface area contributed by atoms with E-state index in [2.05, 4.69) is 10.6 Å². The van der Waals surface area contributed by atoms with Gasteiger partial charge in [0.2, 0.25) is 5.91 Å². The fraction of sp³-hybridized carbons (Fsp3) is 0.483. The van der Waals surface area contributed by atoms with Crippen molar-refractivity contribution in [2.24, 2.45) is 0 Å². The highest BCUT2D eigenvalue weighted by molar-refractivity contribution is 6.10. The number of likely N-dealkylation sites (tertiary alicyclic amines) is 1. The maximum Gasteiger partial charge on any atom is 0.414 e. The molecule has 10 heteroatoms. The highest BCUT2D eigenvalue weighted by atomic mass is 19.1. The Labute approximate surface area is 228 Å². The SMILES string of the molecule is CCN(C(=O)OC(C)(C)C)c1cc(F)cc2c1NC(=O)C2(C)N1CCC[C@@H](Nc2ccc(C(=O)CO)cc2)C1. The summed E-state index contributed by atoms with van der Waals surface area (Å²) in [5.74, 6) is -1.17. The van der Waals surface area contributed by atoms with Crippen LogP contribution in [-0.2, 0) is 15.1 Å². The third-order valence-corrected chi connectivity index (χ3v) is 7.28. The van der Waals surface area contributed by atoms with Crippen molar-refractivity contribution in [3.8, 4) is 0 Å². The number of ketones is 1. The maximum atomic E-state index is 15.0. The lowest BCUT2D eigenvalue weighted by molar-refractivity contribution is -0.127. The molecule has 4 rings (SSSR count). The van der Waals surface area contributed by atoms with Gasteiger partial charge in [0.05, 0.1) is 11.4 Å². The van der Waals surface area contributed by atoms with Gasteiger partial charge in [-0.15, -0.1) is 0 Å². The van der Waals surface area contributed by atoms with Gasteiger partial charge in [0, 0.05) is 35.9 Å². The minimum Gasteiger partial charge on any atom is -0.443 e. The second kappa shape index (κ2) is 10.9. The fourth-order valence-electron chi connectivity index (χ4n) is 5.29. The number of hydrogen-bond acceptors (Lipinski definition) is 7. The molecule has 3 N–H and O–H groups in total. The van der Waals surface area contributed by atoms with Crippen LogP contribution in [-0.4, -0.2) is 65.7 Å². The van der Waals surface area contributed by atoms with Crippen LogP contribution in [0.2, 0.25) is 0 Å². The molecule has 210 valence electrons. The molecular weight excluding hydrogens is 503 g/mol. The van der Waals surface area contributed by atoms with Gasteiger partial charge in [-0.2, -0.15) is 0 Å². The summed E-state index contributed by atoms with van der Waals surface area (Å²) in [5.41, 5.74) is 0.545. The average Bonchev–Trinajstić information content (AvgIpc) is 3.14. The first-order valence-electron chi connectivity index (χ1n) is 13.3. The molecule has 0 bridgehead atoms. The van der Waals surface area contributed by atoms with Gasteiger partial charge in [0.25, 0.3) is 0 Å². The number of amides is 2. The van der Waals surface area contributed by atoms with E-state index in [1.807, 2.05) is 4.90 Å². The summed E-state index contributed by atoms with van der Waals surface area (Å²) >= 11 is 0. The molecule has 0 aromatic heterocycles. The van der Waals surface area contributed by atoms with E-state index in [1.165, 1.54) is 17.0 Å². The first kappa shape index (κ1) is 28.5.